The zero-order valence-electron chi connectivity index (χ0n) is 3.39. The van der Waals surface area contributed by atoms with Crippen LogP contribution < -0.4 is 0 Å². The molecule has 6 heavy (non-hydrogen) atoms. The first kappa shape index (κ1) is 5.45. The van der Waals surface area contributed by atoms with Crippen LogP contribution in [-0.2, 0) is 0 Å². The normalized spacial score (nSPS) is 12.8. The minimum absolute atomic E-state index is 0.142. The molecule has 0 aliphatic heterocycles. The van der Waals surface area contributed by atoms with E-state index in [1.54, 1.807) is 6.07 Å². The van der Waals surface area contributed by atoms with Gasteiger partial charge in [-0.2, -0.15) is 5.26 Å². The van der Waals surface area contributed by atoms with Gasteiger partial charge in [0.05, 0.1) is 18.6 Å². The molecule has 0 saturated heterocycles. The zero-order valence-corrected chi connectivity index (χ0v) is 3.39. The molecule has 0 aromatic heterocycles. The molecular formula is C4H6NO. The Morgan fingerprint density at radius 3 is 2.50 bits per heavy atom. The first-order valence-corrected chi connectivity index (χ1v) is 1.65. The summed E-state index contributed by atoms with van der Waals surface area (Å²) in [5.74, 6) is -0.454. The van der Waals surface area contributed by atoms with Gasteiger partial charge in [0.2, 0.25) is 0 Å². The number of aliphatic hydroxyl groups excluding tert-OH is 1. The predicted octanol–water partition coefficient (Wildman–Crippen LogP) is -0.0474. The Kier molecular flexibility index (Phi) is 2.43. The third-order valence-corrected chi connectivity index (χ3v) is 0.403. The number of hydrogen-bond donors (Lipinski definition) is 1. The van der Waals surface area contributed by atoms with Gasteiger partial charge in [0.15, 0.2) is 0 Å². The molecule has 33 valence electrons. The third kappa shape index (κ3) is 1.74. The number of nitriles is 1. The van der Waals surface area contributed by atoms with E-state index in [-0.39, 0.29) is 6.61 Å². The summed E-state index contributed by atoms with van der Waals surface area (Å²) in [7, 11) is 0. The fourth-order valence-corrected chi connectivity index (χ4v) is 0.0408. The fraction of sp³-hybridized carbons (Fsp3) is 0.500. The summed E-state index contributed by atoms with van der Waals surface area (Å²) in [4.78, 5) is 0. The molecular weight excluding hydrogens is 78.0 g/mol. The number of rotatable bonds is 1. The molecule has 1 atom stereocenters. The topological polar surface area (TPSA) is 44.0 Å². The van der Waals surface area contributed by atoms with Crippen molar-refractivity contribution < 1.29 is 5.11 Å². The summed E-state index contributed by atoms with van der Waals surface area (Å²) in [5, 5.41) is 15.9. The number of hydrogen-bond acceptors (Lipinski definition) is 2. The lowest BCUT2D eigenvalue weighted by Gasteiger charge is -1.86. The van der Waals surface area contributed by atoms with Crippen molar-refractivity contribution in [3.63, 3.8) is 0 Å². The Morgan fingerprint density at radius 1 is 2.00 bits per heavy atom. The molecule has 0 amide bonds. The second-order valence-corrected chi connectivity index (χ2v) is 1.01. The Balaban J connectivity index is 3.04. The molecule has 0 aliphatic carbocycles. The van der Waals surface area contributed by atoms with Gasteiger partial charge >= 0.3 is 0 Å². The van der Waals surface area contributed by atoms with Crippen molar-refractivity contribution in [3.8, 4) is 6.07 Å². The Morgan fingerprint density at radius 2 is 2.50 bits per heavy atom. The van der Waals surface area contributed by atoms with Crippen LogP contribution in [-0.4, -0.2) is 11.7 Å². The van der Waals surface area contributed by atoms with Gasteiger partial charge in [-0.3, -0.25) is 0 Å². The first-order chi connectivity index (χ1) is 2.81. The Labute approximate surface area is 37.0 Å². The minimum Gasteiger partial charge on any atom is -0.395 e. The highest BCUT2D eigenvalue weighted by Gasteiger charge is 1.90. The van der Waals surface area contributed by atoms with Crippen LogP contribution >= 0.6 is 0 Å². The van der Waals surface area contributed by atoms with Crippen LogP contribution in [0.2, 0.25) is 0 Å². The lowest BCUT2D eigenvalue weighted by molar-refractivity contribution is 0.275. The second-order valence-electron chi connectivity index (χ2n) is 1.01. The van der Waals surface area contributed by atoms with Gasteiger partial charge in [0, 0.05) is 0 Å². The maximum atomic E-state index is 8.05. The highest BCUT2D eigenvalue weighted by atomic mass is 16.3. The highest BCUT2D eigenvalue weighted by molar-refractivity contribution is 4.82. The van der Waals surface area contributed by atoms with E-state index in [9.17, 15) is 0 Å². The lowest BCUT2D eigenvalue weighted by Crippen LogP contribution is -1.94. The van der Waals surface area contributed by atoms with Crippen LogP contribution in [0.1, 0.15) is 0 Å². The van der Waals surface area contributed by atoms with Crippen molar-refractivity contribution in [1.29, 1.82) is 5.26 Å². The molecule has 0 aromatic carbocycles. The average molecular weight is 84.1 g/mol. The van der Waals surface area contributed by atoms with Crippen LogP contribution in [0.15, 0.2) is 0 Å². The van der Waals surface area contributed by atoms with Crippen molar-refractivity contribution >= 4 is 0 Å². The number of nitrogens with zero attached hydrogens (tertiary/aromatic N) is 1. The molecule has 0 bridgehead atoms. The highest BCUT2D eigenvalue weighted by Crippen LogP contribution is 1.83. The van der Waals surface area contributed by atoms with E-state index < -0.39 is 5.92 Å². The molecule has 0 rings (SSSR count). The SMILES string of the molecule is [CH2]C(C#N)CO. The van der Waals surface area contributed by atoms with Crippen molar-refractivity contribution in [1.82, 2.24) is 0 Å². The van der Waals surface area contributed by atoms with Crippen molar-refractivity contribution in [2.24, 2.45) is 5.92 Å². The fourth-order valence-electron chi connectivity index (χ4n) is 0.0408. The molecule has 1 radical (unpaired) electrons. The van der Waals surface area contributed by atoms with Crippen molar-refractivity contribution in [3.05, 3.63) is 6.92 Å². The van der Waals surface area contributed by atoms with Gasteiger partial charge in [-0.1, -0.05) is 0 Å². The molecule has 0 saturated carbocycles. The summed E-state index contributed by atoms with van der Waals surface area (Å²) in [5.41, 5.74) is 0. The molecule has 1 unspecified atom stereocenters. The number of aliphatic hydroxyl groups is 1. The molecule has 0 fully saturated rings. The van der Waals surface area contributed by atoms with E-state index >= 15 is 0 Å². The van der Waals surface area contributed by atoms with Gasteiger partial charge < -0.3 is 5.11 Å². The van der Waals surface area contributed by atoms with Crippen LogP contribution in [0.3, 0.4) is 0 Å². The molecule has 2 nitrogen and oxygen atoms in total. The van der Waals surface area contributed by atoms with Gasteiger partial charge in [0.1, 0.15) is 0 Å². The third-order valence-electron chi connectivity index (χ3n) is 0.403. The van der Waals surface area contributed by atoms with Crippen molar-refractivity contribution in [2.45, 2.75) is 0 Å². The molecule has 1 N–H and O–H groups in total. The summed E-state index contributed by atoms with van der Waals surface area (Å²) in [6, 6.07) is 1.75. The van der Waals surface area contributed by atoms with Gasteiger partial charge in [-0.15, -0.1) is 0 Å². The maximum Gasteiger partial charge on any atom is 0.0695 e. The summed E-state index contributed by atoms with van der Waals surface area (Å²) < 4.78 is 0. The van der Waals surface area contributed by atoms with Gasteiger partial charge in [0.25, 0.3) is 0 Å². The second kappa shape index (κ2) is 2.67. The quantitative estimate of drug-likeness (QED) is 0.484. The monoisotopic (exact) mass is 84.0 g/mol. The van der Waals surface area contributed by atoms with E-state index in [1.807, 2.05) is 0 Å². The van der Waals surface area contributed by atoms with E-state index in [2.05, 4.69) is 6.92 Å². The lowest BCUT2D eigenvalue weighted by atomic mass is 10.2. The van der Waals surface area contributed by atoms with Crippen LogP contribution in [0.25, 0.3) is 0 Å². The Hall–Kier alpha value is -0.550. The largest absolute Gasteiger partial charge is 0.395 e. The van der Waals surface area contributed by atoms with Crippen molar-refractivity contribution in [2.75, 3.05) is 6.61 Å². The molecule has 0 spiro atoms. The van der Waals surface area contributed by atoms with E-state index in [1.165, 1.54) is 0 Å². The molecule has 2 heteroatoms. The average Bonchev–Trinajstić information content (AvgIpc) is 1.65. The first-order valence-electron chi connectivity index (χ1n) is 1.65. The van der Waals surface area contributed by atoms with E-state index in [4.69, 9.17) is 10.4 Å². The van der Waals surface area contributed by atoms with Gasteiger partial charge in [-0.25, -0.2) is 0 Å². The predicted molar refractivity (Wildman–Crippen MR) is 21.5 cm³/mol. The van der Waals surface area contributed by atoms with E-state index in [0.29, 0.717) is 0 Å². The molecule has 0 aromatic rings. The maximum absolute atomic E-state index is 8.05. The van der Waals surface area contributed by atoms with Gasteiger partial charge in [-0.05, 0) is 6.92 Å². The van der Waals surface area contributed by atoms with Crippen LogP contribution in [0, 0.1) is 24.2 Å². The summed E-state index contributed by atoms with van der Waals surface area (Å²) >= 11 is 0. The minimum atomic E-state index is -0.454. The van der Waals surface area contributed by atoms with Crippen LogP contribution in [0.5, 0.6) is 0 Å². The Bertz CT molecular complexity index is 64.4. The summed E-state index contributed by atoms with van der Waals surface area (Å²) in [6.07, 6.45) is 0. The van der Waals surface area contributed by atoms with E-state index in [0.717, 1.165) is 0 Å². The summed E-state index contributed by atoms with van der Waals surface area (Å²) in [6.45, 7) is 3.12. The van der Waals surface area contributed by atoms with Crippen LogP contribution in [0.4, 0.5) is 0 Å². The molecule has 0 aliphatic rings. The zero-order chi connectivity index (χ0) is 4.99. The smallest absolute Gasteiger partial charge is 0.0695 e. The standard InChI is InChI=1S/C4H6NO/c1-4(2-5)3-6/h4,6H,1,3H2. The molecule has 0 heterocycles.